The number of phenols is 1. The summed E-state index contributed by atoms with van der Waals surface area (Å²) in [5.74, 6) is 6.75. The lowest BCUT2D eigenvalue weighted by atomic mass is 10.1. The van der Waals surface area contributed by atoms with E-state index in [1.54, 1.807) is 27.8 Å². The van der Waals surface area contributed by atoms with Gasteiger partial charge in [-0.3, -0.25) is 4.79 Å². The topological polar surface area (TPSA) is 119 Å². The van der Waals surface area contributed by atoms with Gasteiger partial charge in [-0.1, -0.05) is 18.6 Å². The van der Waals surface area contributed by atoms with Gasteiger partial charge in [0.15, 0.2) is 5.65 Å². The van der Waals surface area contributed by atoms with Crippen LogP contribution in [0.15, 0.2) is 43.2 Å². The highest BCUT2D eigenvalue weighted by Crippen LogP contribution is 2.28. The standard InChI is InChI=1S/C22H22N6O3/c1-2-19(30)27-10-4-6-15(13-27)28-22-20(21(23)24-14-25-22)18(26-28)9-5-11-31-17-8-3-7-16(29)12-17/h2-3,7-8,12,14-15,29H,1,4,6,10-11,13H2,(H2,23,24,25)/t15-/m1/s1. The van der Waals surface area contributed by atoms with E-state index in [0.717, 1.165) is 12.8 Å². The number of carbonyl (C=O) groups excluding carboxylic acids is 1. The van der Waals surface area contributed by atoms with Gasteiger partial charge in [0.2, 0.25) is 5.91 Å². The molecule has 1 saturated heterocycles. The van der Waals surface area contributed by atoms with Gasteiger partial charge in [0.25, 0.3) is 0 Å². The van der Waals surface area contributed by atoms with Crippen molar-refractivity contribution in [1.29, 1.82) is 0 Å². The van der Waals surface area contributed by atoms with Crippen molar-refractivity contribution in [2.75, 3.05) is 25.4 Å². The minimum Gasteiger partial charge on any atom is -0.508 e. The number of piperidine rings is 1. The molecule has 0 bridgehead atoms. The number of nitrogens with two attached hydrogens (primary N) is 1. The predicted molar refractivity (Wildman–Crippen MR) is 115 cm³/mol. The molecule has 3 heterocycles. The van der Waals surface area contributed by atoms with E-state index in [1.807, 2.05) is 0 Å². The molecule has 0 unspecified atom stereocenters. The third-order valence-corrected chi connectivity index (χ3v) is 5.08. The number of phenolic OH excluding ortho intramolecular Hbond substituents is 1. The third-order valence-electron chi connectivity index (χ3n) is 5.08. The average Bonchev–Trinajstić information content (AvgIpc) is 3.16. The van der Waals surface area contributed by atoms with Crippen LogP contribution in [0.5, 0.6) is 11.5 Å². The summed E-state index contributed by atoms with van der Waals surface area (Å²) in [5, 5.41) is 14.7. The van der Waals surface area contributed by atoms with E-state index in [-0.39, 0.29) is 24.3 Å². The summed E-state index contributed by atoms with van der Waals surface area (Å²) in [6, 6.07) is 6.45. The molecule has 9 nitrogen and oxygen atoms in total. The summed E-state index contributed by atoms with van der Waals surface area (Å²) in [6.07, 6.45) is 4.43. The van der Waals surface area contributed by atoms with Crippen molar-refractivity contribution in [2.24, 2.45) is 0 Å². The number of hydrogen-bond donors (Lipinski definition) is 2. The molecule has 0 radical (unpaired) electrons. The van der Waals surface area contributed by atoms with Gasteiger partial charge in [-0.25, -0.2) is 14.6 Å². The summed E-state index contributed by atoms with van der Waals surface area (Å²) in [5.41, 5.74) is 7.14. The first-order valence-electron chi connectivity index (χ1n) is 9.87. The summed E-state index contributed by atoms with van der Waals surface area (Å²) in [7, 11) is 0. The molecular weight excluding hydrogens is 396 g/mol. The van der Waals surface area contributed by atoms with E-state index in [1.165, 1.54) is 18.5 Å². The molecule has 0 aliphatic carbocycles. The van der Waals surface area contributed by atoms with Gasteiger partial charge >= 0.3 is 0 Å². The molecule has 1 aliphatic heterocycles. The Morgan fingerprint density at radius 2 is 2.29 bits per heavy atom. The van der Waals surface area contributed by atoms with Crippen LogP contribution in [0.2, 0.25) is 0 Å². The van der Waals surface area contributed by atoms with Crippen molar-refractivity contribution in [1.82, 2.24) is 24.6 Å². The van der Waals surface area contributed by atoms with E-state index < -0.39 is 0 Å². The number of fused-ring (bicyclic) bond motifs is 1. The Kier molecular flexibility index (Phi) is 5.71. The lowest BCUT2D eigenvalue weighted by Crippen LogP contribution is -2.40. The van der Waals surface area contributed by atoms with Crippen LogP contribution < -0.4 is 10.5 Å². The number of likely N-dealkylation sites (tertiary alicyclic amines) is 1. The fourth-order valence-electron chi connectivity index (χ4n) is 3.63. The number of anilines is 1. The second-order valence-electron chi connectivity index (χ2n) is 7.12. The Balaban J connectivity index is 1.60. The molecule has 9 heteroatoms. The molecular formula is C22H22N6O3. The van der Waals surface area contributed by atoms with Crippen molar-refractivity contribution >= 4 is 22.8 Å². The third kappa shape index (κ3) is 4.28. The van der Waals surface area contributed by atoms with Crippen LogP contribution in [-0.2, 0) is 4.79 Å². The highest BCUT2D eigenvalue weighted by Gasteiger charge is 2.27. The highest BCUT2D eigenvalue weighted by atomic mass is 16.5. The van der Waals surface area contributed by atoms with E-state index in [9.17, 15) is 9.90 Å². The fraction of sp³-hybridized carbons (Fsp3) is 0.273. The molecule has 2 aromatic heterocycles. The maximum absolute atomic E-state index is 12.1. The maximum Gasteiger partial charge on any atom is 0.246 e. The largest absolute Gasteiger partial charge is 0.508 e. The second kappa shape index (κ2) is 8.75. The summed E-state index contributed by atoms with van der Waals surface area (Å²) >= 11 is 0. The van der Waals surface area contributed by atoms with E-state index in [4.69, 9.17) is 10.5 Å². The molecule has 1 aromatic carbocycles. The van der Waals surface area contributed by atoms with Gasteiger partial charge < -0.3 is 20.5 Å². The number of hydrogen-bond acceptors (Lipinski definition) is 7. The summed E-state index contributed by atoms with van der Waals surface area (Å²) in [6.45, 7) is 4.88. The van der Waals surface area contributed by atoms with Crippen molar-refractivity contribution in [3.8, 4) is 23.3 Å². The number of aromatic nitrogens is 4. The molecule has 1 atom stereocenters. The first-order valence-corrected chi connectivity index (χ1v) is 9.87. The monoisotopic (exact) mass is 418 g/mol. The van der Waals surface area contributed by atoms with E-state index in [2.05, 4.69) is 33.5 Å². The van der Waals surface area contributed by atoms with Crippen molar-refractivity contribution in [3.05, 3.63) is 48.9 Å². The SMILES string of the molecule is C=CC(=O)N1CCC[C@@H](n2nc(C#CCOc3cccc(O)c3)c3c(N)ncnc32)C1. The Morgan fingerprint density at radius 3 is 3.10 bits per heavy atom. The minimum atomic E-state index is -0.0978. The second-order valence-corrected chi connectivity index (χ2v) is 7.12. The van der Waals surface area contributed by atoms with Gasteiger partial charge in [-0.15, -0.1) is 0 Å². The fourth-order valence-corrected chi connectivity index (χ4v) is 3.63. The van der Waals surface area contributed by atoms with Crippen LogP contribution in [0.3, 0.4) is 0 Å². The number of amides is 1. The van der Waals surface area contributed by atoms with Crippen LogP contribution in [-0.4, -0.2) is 55.4 Å². The van der Waals surface area contributed by atoms with Gasteiger partial charge in [0.1, 0.15) is 35.9 Å². The molecule has 0 saturated carbocycles. The zero-order valence-electron chi connectivity index (χ0n) is 16.9. The Morgan fingerprint density at radius 1 is 1.42 bits per heavy atom. The van der Waals surface area contributed by atoms with E-state index in [0.29, 0.717) is 41.4 Å². The van der Waals surface area contributed by atoms with Crippen LogP contribution in [0.25, 0.3) is 11.0 Å². The van der Waals surface area contributed by atoms with Crippen LogP contribution in [0.4, 0.5) is 5.82 Å². The zero-order chi connectivity index (χ0) is 21.8. The number of nitrogens with zero attached hydrogens (tertiary/aromatic N) is 5. The lowest BCUT2D eigenvalue weighted by Gasteiger charge is -2.32. The van der Waals surface area contributed by atoms with Crippen LogP contribution in [0.1, 0.15) is 24.6 Å². The number of ether oxygens (including phenoxy) is 1. The van der Waals surface area contributed by atoms with Crippen molar-refractivity contribution in [2.45, 2.75) is 18.9 Å². The van der Waals surface area contributed by atoms with Gasteiger partial charge in [0.05, 0.1) is 11.4 Å². The molecule has 1 aliphatic rings. The normalized spacial score (nSPS) is 15.9. The maximum atomic E-state index is 12.1. The van der Waals surface area contributed by atoms with Gasteiger partial charge in [-0.2, -0.15) is 5.10 Å². The molecule has 0 spiro atoms. The first kappa shape index (κ1) is 20.2. The number of aromatic hydroxyl groups is 1. The lowest BCUT2D eigenvalue weighted by molar-refractivity contribution is -0.127. The number of carbonyl (C=O) groups is 1. The Hall–Kier alpha value is -4.06. The Labute approximate surface area is 179 Å². The number of benzene rings is 1. The quantitative estimate of drug-likeness (QED) is 0.490. The predicted octanol–water partition coefficient (Wildman–Crippen LogP) is 1.89. The average molecular weight is 418 g/mol. The zero-order valence-corrected chi connectivity index (χ0v) is 16.9. The van der Waals surface area contributed by atoms with Crippen LogP contribution >= 0.6 is 0 Å². The van der Waals surface area contributed by atoms with Gasteiger partial charge in [0, 0.05) is 19.2 Å². The van der Waals surface area contributed by atoms with E-state index >= 15 is 0 Å². The summed E-state index contributed by atoms with van der Waals surface area (Å²) < 4.78 is 7.33. The van der Waals surface area contributed by atoms with Crippen LogP contribution in [0, 0.1) is 11.8 Å². The Bertz CT molecular complexity index is 1190. The highest BCUT2D eigenvalue weighted by molar-refractivity contribution is 5.90. The summed E-state index contributed by atoms with van der Waals surface area (Å²) in [4.78, 5) is 22.3. The number of rotatable bonds is 4. The molecule has 3 aromatic rings. The molecule has 158 valence electrons. The minimum absolute atomic E-state index is 0.0476. The molecule has 3 N–H and O–H groups in total. The van der Waals surface area contributed by atoms with Crippen molar-refractivity contribution < 1.29 is 14.6 Å². The first-order chi connectivity index (χ1) is 15.1. The smallest absolute Gasteiger partial charge is 0.246 e. The molecule has 4 rings (SSSR count). The molecule has 1 fully saturated rings. The number of nitrogen functional groups attached to an aromatic ring is 1. The molecule has 1 amide bonds. The van der Waals surface area contributed by atoms with Gasteiger partial charge in [-0.05, 0) is 37.0 Å². The van der Waals surface area contributed by atoms with Crippen molar-refractivity contribution in [3.63, 3.8) is 0 Å². The molecule has 31 heavy (non-hydrogen) atoms.